The lowest BCUT2D eigenvalue weighted by Gasteiger charge is -2.15. The van der Waals surface area contributed by atoms with Gasteiger partial charge in [-0.1, -0.05) is 25.0 Å². The highest BCUT2D eigenvalue weighted by atomic mass is 16.5. The smallest absolute Gasteiger partial charge is 0.274 e. The van der Waals surface area contributed by atoms with E-state index in [0.29, 0.717) is 29.1 Å². The number of hydrogen-bond donors (Lipinski definition) is 2. The van der Waals surface area contributed by atoms with Crippen molar-refractivity contribution >= 4 is 17.5 Å². The van der Waals surface area contributed by atoms with Gasteiger partial charge in [-0.05, 0) is 44.9 Å². The third kappa shape index (κ3) is 4.68. The van der Waals surface area contributed by atoms with Crippen molar-refractivity contribution in [2.24, 2.45) is 0 Å². The van der Waals surface area contributed by atoms with Crippen LogP contribution in [-0.2, 0) is 0 Å². The third-order valence-electron chi connectivity index (χ3n) is 4.07. The lowest BCUT2D eigenvalue weighted by molar-refractivity contribution is 0.102. The minimum Gasteiger partial charge on any atom is -0.489 e. The maximum Gasteiger partial charge on any atom is 0.274 e. The summed E-state index contributed by atoms with van der Waals surface area (Å²) in [4.78, 5) is 21.1. The van der Waals surface area contributed by atoms with Crippen LogP contribution in [0.3, 0.4) is 0 Å². The molecule has 1 aromatic heterocycles. The molecule has 6 heteroatoms. The molecule has 1 heterocycles. The predicted octanol–water partition coefficient (Wildman–Crippen LogP) is 3.87. The minimum absolute atomic E-state index is 0.0271. The Kier molecular flexibility index (Phi) is 5.48. The van der Waals surface area contributed by atoms with Crippen LogP contribution in [-0.4, -0.2) is 28.0 Å². The van der Waals surface area contributed by atoms with Crippen LogP contribution in [0.25, 0.3) is 0 Å². The second kappa shape index (κ2) is 7.96. The summed E-state index contributed by atoms with van der Waals surface area (Å²) < 4.78 is 5.73. The van der Waals surface area contributed by atoms with Crippen LogP contribution in [0.4, 0.5) is 11.6 Å². The van der Waals surface area contributed by atoms with E-state index in [1.165, 1.54) is 12.8 Å². The van der Waals surface area contributed by atoms with Gasteiger partial charge in [-0.3, -0.25) is 4.79 Å². The van der Waals surface area contributed by atoms with E-state index in [1.807, 2.05) is 38.1 Å². The summed E-state index contributed by atoms with van der Waals surface area (Å²) in [7, 11) is 0. The Labute approximate surface area is 148 Å². The first-order valence-electron chi connectivity index (χ1n) is 8.78. The van der Waals surface area contributed by atoms with E-state index in [0.717, 1.165) is 12.8 Å². The Balaban J connectivity index is 1.71. The maximum absolute atomic E-state index is 12.6. The van der Waals surface area contributed by atoms with Crippen molar-refractivity contribution in [1.29, 1.82) is 0 Å². The van der Waals surface area contributed by atoms with Crippen molar-refractivity contribution in [3.05, 3.63) is 42.2 Å². The number of aromatic nitrogens is 2. The lowest BCUT2D eigenvalue weighted by atomic mass is 10.2. The van der Waals surface area contributed by atoms with E-state index in [2.05, 4.69) is 20.6 Å². The molecule has 2 N–H and O–H groups in total. The Hall–Kier alpha value is -2.63. The Morgan fingerprint density at radius 1 is 1.20 bits per heavy atom. The van der Waals surface area contributed by atoms with E-state index < -0.39 is 0 Å². The zero-order valence-electron chi connectivity index (χ0n) is 14.7. The second-order valence-electron chi connectivity index (χ2n) is 6.51. The van der Waals surface area contributed by atoms with Crippen LogP contribution >= 0.6 is 0 Å². The van der Waals surface area contributed by atoms with Gasteiger partial charge in [0, 0.05) is 12.2 Å². The molecule has 0 saturated heterocycles. The SMILES string of the molecule is CC(C)Oc1ccccc1NC(=O)c1ccnc(NC2CCCC2)n1. The molecule has 6 nitrogen and oxygen atoms in total. The molecule has 0 unspecified atom stereocenters. The van der Waals surface area contributed by atoms with Gasteiger partial charge in [0.15, 0.2) is 0 Å². The average Bonchev–Trinajstić information content (AvgIpc) is 3.09. The summed E-state index contributed by atoms with van der Waals surface area (Å²) in [6, 6.07) is 9.40. The molecule has 1 saturated carbocycles. The molecular formula is C19H24N4O2. The summed E-state index contributed by atoms with van der Waals surface area (Å²) in [6.45, 7) is 3.90. The molecule has 0 spiro atoms. The summed E-state index contributed by atoms with van der Waals surface area (Å²) in [5.41, 5.74) is 0.958. The monoisotopic (exact) mass is 340 g/mol. The van der Waals surface area contributed by atoms with Crippen LogP contribution < -0.4 is 15.4 Å². The average molecular weight is 340 g/mol. The number of benzene rings is 1. The molecule has 2 aromatic rings. The van der Waals surface area contributed by atoms with Crippen molar-refractivity contribution in [2.45, 2.75) is 51.7 Å². The third-order valence-corrected chi connectivity index (χ3v) is 4.07. The Morgan fingerprint density at radius 3 is 2.72 bits per heavy atom. The van der Waals surface area contributed by atoms with Crippen LogP contribution in [0, 0.1) is 0 Å². The summed E-state index contributed by atoms with van der Waals surface area (Å²) in [5.74, 6) is 0.868. The van der Waals surface area contributed by atoms with E-state index >= 15 is 0 Å². The highest BCUT2D eigenvalue weighted by Gasteiger charge is 2.17. The van der Waals surface area contributed by atoms with Crippen LogP contribution in [0.1, 0.15) is 50.0 Å². The number of nitrogens with zero attached hydrogens (tertiary/aromatic N) is 2. The molecule has 0 atom stereocenters. The first-order valence-corrected chi connectivity index (χ1v) is 8.78. The Morgan fingerprint density at radius 2 is 1.96 bits per heavy atom. The van der Waals surface area contributed by atoms with Gasteiger partial charge in [0.1, 0.15) is 11.4 Å². The number of nitrogens with one attached hydrogen (secondary N) is 2. The van der Waals surface area contributed by atoms with E-state index in [-0.39, 0.29) is 12.0 Å². The summed E-state index contributed by atoms with van der Waals surface area (Å²) >= 11 is 0. The van der Waals surface area contributed by atoms with Crippen molar-refractivity contribution in [3.8, 4) is 5.75 Å². The van der Waals surface area contributed by atoms with Gasteiger partial charge in [0.2, 0.25) is 5.95 Å². The van der Waals surface area contributed by atoms with Crippen LogP contribution in [0.15, 0.2) is 36.5 Å². The summed E-state index contributed by atoms with van der Waals surface area (Å²) in [5, 5.41) is 6.18. The fourth-order valence-corrected chi connectivity index (χ4v) is 2.92. The van der Waals surface area contributed by atoms with Gasteiger partial charge in [-0.2, -0.15) is 0 Å². The number of ether oxygens (including phenoxy) is 1. The summed E-state index contributed by atoms with van der Waals surface area (Å²) in [6.07, 6.45) is 6.34. The first kappa shape index (κ1) is 17.2. The normalized spacial score (nSPS) is 14.5. The highest BCUT2D eigenvalue weighted by Crippen LogP contribution is 2.25. The molecule has 0 aliphatic heterocycles. The van der Waals surface area contributed by atoms with E-state index in [4.69, 9.17) is 4.74 Å². The lowest BCUT2D eigenvalue weighted by Crippen LogP contribution is -2.20. The number of carbonyl (C=O) groups excluding carboxylic acids is 1. The zero-order valence-corrected chi connectivity index (χ0v) is 14.7. The molecule has 3 rings (SSSR count). The molecule has 0 bridgehead atoms. The molecule has 1 fully saturated rings. The van der Waals surface area contributed by atoms with E-state index in [1.54, 1.807) is 12.3 Å². The van der Waals surface area contributed by atoms with Gasteiger partial charge >= 0.3 is 0 Å². The topological polar surface area (TPSA) is 76.1 Å². The number of carbonyl (C=O) groups is 1. The van der Waals surface area contributed by atoms with Crippen molar-refractivity contribution < 1.29 is 9.53 Å². The van der Waals surface area contributed by atoms with Gasteiger partial charge in [-0.25, -0.2) is 9.97 Å². The number of anilines is 2. The standard InChI is InChI=1S/C19H24N4O2/c1-13(2)25-17-10-6-5-9-15(17)22-18(24)16-11-12-20-19(23-16)21-14-7-3-4-8-14/h5-6,9-14H,3-4,7-8H2,1-2H3,(H,22,24)(H,20,21,23). The van der Waals surface area contributed by atoms with Crippen molar-refractivity contribution in [3.63, 3.8) is 0 Å². The second-order valence-corrected chi connectivity index (χ2v) is 6.51. The molecule has 1 aliphatic carbocycles. The maximum atomic E-state index is 12.6. The number of para-hydroxylation sites is 2. The molecule has 1 amide bonds. The number of hydrogen-bond acceptors (Lipinski definition) is 5. The van der Waals surface area contributed by atoms with Gasteiger partial charge in [0.05, 0.1) is 11.8 Å². The van der Waals surface area contributed by atoms with Crippen molar-refractivity contribution in [1.82, 2.24) is 9.97 Å². The molecular weight excluding hydrogens is 316 g/mol. The molecule has 1 aliphatic rings. The van der Waals surface area contributed by atoms with Gasteiger partial charge < -0.3 is 15.4 Å². The van der Waals surface area contributed by atoms with Crippen LogP contribution in [0.5, 0.6) is 5.75 Å². The molecule has 0 radical (unpaired) electrons. The van der Waals surface area contributed by atoms with Gasteiger partial charge in [-0.15, -0.1) is 0 Å². The molecule has 1 aromatic carbocycles. The highest BCUT2D eigenvalue weighted by molar-refractivity contribution is 6.03. The fourth-order valence-electron chi connectivity index (χ4n) is 2.92. The molecule has 25 heavy (non-hydrogen) atoms. The largest absolute Gasteiger partial charge is 0.489 e. The predicted molar refractivity (Wildman–Crippen MR) is 98.1 cm³/mol. The zero-order chi connectivity index (χ0) is 17.6. The number of amides is 1. The molecule has 132 valence electrons. The number of rotatable bonds is 6. The quantitative estimate of drug-likeness (QED) is 0.835. The first-order chi connectivity index (χ1) is 12.1. The van der Waals surface area contributed by atoms with Crippen molar-refractivity contribution in [2.75, 3.05) is 10.6 Å². The van der Waals surface area contributed by atoms with E-state index in [9.17, 15) is 4.79 Å². The Bertz CT molecular complexity index is 727. The minimum atomic E-state index is -0.281. The fraction of sp³-hybridized carbons (Fsp3) is 0.421. The van der Waals surface area contributed by atoms with Crippen LogP contribution in [0.2, 0.25) is 0 Å². The van der Waals surface area contributed by atoms with Gasteiger partial charge in [0.25, 0.3) is 5.91 Å².